The van der Waals surface area contributed by atoms with E-state index < -0.39 is 10.0 Å². The molecule has 0 aliphatic carbocycles. The molecule has 8 heteroatoms. The molecule has 0 spiro atoms. The number of aryl methyl sites for hydroxylation is 1. The van der Waals surface area contributed by atoms with Crippen LogP contribution in [0.25, 0.3) is 0 Å². The average molecular weight is 362 g/mol. The first kappa shape index (κ1) is 18.9. The van der Waals surface area contributed by atoms with Crippen LogP contribution in [-0.2, 0) is 10.0 Å². The highest BCUT2D eigenvalue weighted by Gasteiger charge is 2.12. The van der Waals surface area contributed by atoms with Crippen LogP contribution in [0.2, 0.25) is 0 Å². The molecule has 0 unspecified atom stereocenters. The van der Waals surface area contributed by atoms with Gasteiger partial charge in [-0.2, -0.15) is 0 Å². The summed E-state index contributed by atoms with van der Waals surface area (Å²) >= 11 is 0. The zero-order valence-corrected chi connectivity index (χ0v) is 15.1. The van der Waals surface area contributed by atoms with Gasteiger partial charge >= 0.3 is 0 Å². The van der Waals surface area contributed by atoms with E-state index in [4.69, 9.17) is 0 Å². The van der Waals surface area contributed by atoms with Crippen LogP contribution in [0.4, 0.5) is 5.82 Å². The number of hydrogen-bond donors (Lipinski definition) is 3. The molecule has 1 amide bonds. The number of sulfonamides is 1. The number of hydrogen-bond acceptors (Lipinski definition) is 5. The molecule has 0 aliphatic rings. The molecule has 2 rings (SSSR count). The van der Waals surface area contributed by atoms with E-state index >= 15 is 0 Å². The van der Waals surface area contributed by atoms with Crippen molar-refractivity contribution in [2.24, 2.45) is 0 Å². The maximum atomic E-state index is 12.1. The number of anilines is 1. The SMILES string of the molecule is CNc1cc(C(=O)NCCCNS(=O)(=O)c2ccc(C)cc2)ccn1. The number of rotatable bonds is 8. The van der Waals surface area contributed by atoms with Crippen molar-refractivity contribution in [2.45, 2.75) is 18.2 Å². The van der Waals surface area contributed by atoms with Crippen LogP contribution in [-0.4, -0.2) is 39.4 Å². The molecule has 25 heavy (non-hydrogen) atoms. The quantitative estimate of drug-likeness (QED) is 0.619. The lowest BCUT2D eigenvalue weighted by atomic mass is 10.2. The zero-order valence-electron chi connectivity index (χ0n) is 14.2. The van der Waals surface area contributed by atoms with Gasteiger partial charge in [-0.3, -0.25) is 4.79 Å². The van der Waals surface area contributed by atoms with Gasteiger partial charge in [0.2, 0.25) is 10.0 Å². The molecule has 0 bridgehead atoms. The van der Waals surface area contributed by atoms with Gasteiger partial charge < -0.3 is 10.6 Å². The van der Waals surface area contributed by atoms with Gasteiger partial charge in [-0.25, -0.2) is 18.1 Å². The van der Waals surface area contributed by atoms with Gasteiger partial charge in [0.1, 0.15) is 5.82 Å². The first-order valence-corrected chi connectivity index (χ1v) is 9.39. The molecule has 2 aromatic rings. The molecule has 1 aromatic heterocycles. The summed E-state index contributed by atoms with van der Waals surface area (Å²) in [7, 11) is -1.79. The van der Waals surface area contributed by atoms with Crippen LogP contribution in [0.15, 0.2) is 47.5 Å². The number of aromatic nitrogens is 1. The van der Waals surface area contributed by atoms with Crippen molar-refractivity contribution in [3.05, 3.63) is 53.7 Å². The molecular weight excluding hydrogens is 340 g/mol. The van der Waals surface area contributed by atoms with Gasteiger partial charge in [0.05, 0.1) is 4.90 Å². The van der Waals surface area contributed by atoms with E-state index in [9.17, 15) is 13.2 Å². The van der Waals surface area contributed by atoms with Gasteiger partial charge in [-0.1, -0.05) is 17.7 Å². The summed E-state index contributed by atoms with van der Waals surface area (Å²) < 4.78 is 26.8. The van der Waals surface area contributed by atoms with Crippen LogP contribution in [0.1, 0.15) is 22.3 Å². The van der Waals surface area contributed by atoms with Gasteiger partial charge in [-0.05, 0) is 37.6 Å². The molecule has 1 heterocycles. The summed E-state index contributed by atoms with van der Waals surface area (Å²) in [6, 6.07) is 9.92. The molecule has 1 aromatic carbocycles. The second kappa shape index (κ2) is 8.59. The molecular formula is C17H22N4O3S. The van der Waals surface area contributed by atoms with E-state index in [1.807, 2.05) is 6.92 Å². The van der Waals surface area contributed by atoms with Crippen molar-refractivity contribution < 1.29 is 13.2 Å². The lowest BCUT2D eigenvalue weighted by molar-refractivity contribution is 0.0953. The van der Waals surface area contributed by atoms with Gasteiger partial charge in [-0.15, -0.1) is 0 Å². The van der Waals surface area contributed by atoms with E-state index in [2.05, 4.69) is 20.3 Å². The number of pyridine rings is 1. The maximum Gasteiger partial charge on any atom is 0.251 e. The summed E-state index contributed by atoms with van der Waals surface area (Å²) in [6.07, 6.45) is 2.04. The Morgan fingerprint density at radius 2 is 1.84 bits per heavy atom. The minimum absolute atomic E-state index is 0.222. The Balaban J connectivity index is 1.77. The number of amides is 1. The first-order chi connectivity index (χ1) is 11.9. The minimum Gasteiger partial charge on any atom is -0.373 e. The van der Waals surface area contributed by atoms with Gasteiger partial charge in [0.15, 0.2) is 0 Å². The predicted molar refractivity (Wildman–Crippen MR) is 97.1 cm³/mol. The number of benzene rings is 1. The second-order valence-electron chi connectivity index (χ2n) is 5.50. The third-order valence-electron chi connectivity index (χ3n) is 3.54. The topological polar surface area (TPSA) is 100 Å². The molecule has 0 atom stereocenters. The van der Waals surface area contributed by atoms with Crippen molar-refractivity contribution in [2.75, 3.05) is 25.5 Å². The van der Waals surface area contributed by atoms with Crippen LogP contribution in [0.5, 0.6) is 0 Å². The van der Waals surface area contributed by atoms with Crippen LogP contribution in [0, 0.1) is 6.92 Å². The molecule has 7 nitrogen and oxygen atoms in total. The van der Waals surface area contributed by atoms with Crippen molar-refractivity contribution in [1.82, 2.24) is 15.0 Å². The lowest BCUT2D eigenvalue weighted by Crippen LogP contribution is -2.30. The highest BCUT2D eigenvalue weighted by Crippen LogP contribution is 2.09. The standard InChI is InChI=1S/C17H22N4O3S/c1-13-4-6-15(7-5-13)25(23,24)21-10-3-9-20-17(22)14-8-11-19-16(12-14)18-2/h4-8,11-12,21H,3,9-10H2,1-2H3,(H,18,19)(H,20,22). The fourth-order valence-electron chi connectivity index (χ4n) is 2.11. The monoisotopic (exact) mass is 362 g/mol. The Labute approximate surface area is 147 Å². The highest BCUT2D eigenvalue weighted by molar-refractivity contribution is 7.89. The Morgan fingerprint density at radius 3 is 2.52 bits per heavy atom. The molecule has 134 valence electrons. The maximum absolute atomic E-state index is 12.1. The Bertz CT molecular complexity index is 820. The van der Waals surface area contributed by atoms with Gasteiger partial charge in [0, 0.05) is 31.9 Å². The molecule has 3 N–H and O–H groups in total. The molecule has 0 saturated heterocycles. The van der Waals surface area contributed by atoms with Crippen LogP contribution < -0.4 is 15.4 Å². The lowest BCUT2D eigenvalue weighted by Gasteiger charge is -2.08. The summed E-state index contributed by atoms with van der Waals surface area (Å²) in [5.74, 6) is 0.388. The number of carbonyl (C=O) groups excluding carboxylic acids is 1. The summed E-state index contributed by atoms with van der Waals surface area (Å²) in [4.78, 5) is 16.3. The van der Waals surface area contributed by atoms with E-state index in [0.717, 1.165) is 5.56 Å². The van der Waals surface area contributed by atoms with E-state index in [1.165, 1.54) is 0 Å². The molecule has 0 aliphatic heterocycles. The third kappa shape index (κ3) is 5.54. The van der Waals surface area contributed by atoms with Gasteiger partial charge in [0.25, 0.3) is 5.91 Å². The molecule has 0 saturated carbocycles. The zero-order chi connectivity index (χ0) is 18.3. The second-order valence-corrected chi connectivity index (χ2v) is 7.27. The van der Waals surface area contributed by atoms with E-state index in [-0.39, 0.29) is 17.3 Å². The van der Waals surface area contributed by atoms with Crippen LogP contribution in [0.3, 0.4) is 0 Å². The Hall–Kier alpha value is -2.45. The van der Waals surface area contributed by atoms with Crippen molar-refractivity contribution in [3.8, 4) is 0 Å². The Kier molecular flexibility index (Phi) is 6.49. The third-order valence-corrected chi connectivity index (χ3v) is 5.02. The normalized spacial score (nSPS) is 11.1. The first-order valence-electron chi connectivity index (χ1n) is 7.91. The van der Waals surface area contributed by atoms with Crippen LogP contribution >= 0.6 is 0 Å². The van der Waals surface area contributed by atoms with E-state index in [1.54, 1.807) is 49.6 Å². The number of nitrogens with one attached hydrogen (secondary N) is 3. The Morgan fingerprint density at radius 1 is 1.12 bits per heavy atom. The summed E-state index contributed by atoms with van der Waals surface area (Å²) in [6.45, 7) is 2.51. The van der Waals surface area contributed by atoms with Crippen molar-refractivity contribution >= 4 is 21.7 Å². The van der Waals surface area contributed by atoms with Crippen molar-refractivity contribution in [3.63, 3.8) is 0 Å². The largest absolute Gasteiger partial charge is 0.373 e. The van der Waals surface area contributed by atoms with E-state index in [0.29, 0.717) is 24.3 Å². The molecule has 0 fully saturated rings. The predicted octanol–water partition coefficient (Wildman–Crippen LogP) is 1.53. The smallest absolute Gasteiger partial charge is 0.251 e. The summed E-state index contributed by atoms with van der Waals surface area (Å²) in [5, 5.41) is 5.62. The minimum atomic E-state index is -3.52. The highest BCUT2D eigenvalue weighted by atomic mass is 32.2. The summed E-state index contributed by atoms with van der Waals surface area (Å²) in [5.41, 5.74) is 1.50. The van der Waals surface area contributed by atoms with Crippen molar-refractivity contribution in [1.29, 1.82) is 0 Å². The molecule has 0 radical (unpaired) electrons. The fraction of sp³-hybridized carbons (Fsp3) is 0.294. The fourth-order valence-corrected chi connectivity index (χ4v) is 3.18. The average Bonchev–Trinajstić information content (AvgIpc) is 2.61. The number of carbonyl (C=O) groups is 1. The number of nitrogens with zero attached hydrogens (tertiary/aromatic N) is 1.